The fraction of sp³-hybridized carbons (Fsp3) is 0.600. The van der Waals surface area contributed by atoms with Gasteiger partial charge in [-0.3, -0.25) is 0 Å². The number of benzene rings is 1. The number of hydrogen-bond acceptors (Lipinski definition) is 0. The summed E-state index contributed by atoms with van der Waals surface area (Å²) in [4.78, 5) is 0. The normalized spacial score (nSPS) is 32.2. The summed E-state index contributed by atoms with van der Waals surface area (Å²) >= 11 is 3.60. The molecule has 0 nitrogen and oxygen atoms in total. The van der Waals surface area contributed by atoms with Gasteiger partial charge in [0.1, 0.15) is 0 Å². The van der Waals surface area contributed by atoms with Crippen molar-refractivity contribution >= 4 is 15.9 Å². The highest BCUT2D eigenvalue weighted by molar-refractivity contribution is 9.10. The SMILES string of the molecule is CCC1CC2Cc3cc(Br)ccc3C(C1)C2. The zero-order valence-electron chi connectivity index (χ0n) is 9.88. The van der Waals surface area contributed by atoms with Crippen molar-refractivity contribution in [2.24, 2.45) is 11.8 Å². The van der Waals surface area contributed by atoms with Crippen LogP contribution in [0.2, 0.25) is 0 Å². The predicted octanol–water partition coefficient (Wildman–Crippen LogP) is 4.92. The van der Waals surface area contributed by atoms with Crippen molar-refractivity contribution in [3.8, 4) is 0 Å². The second-order valence-corrected chi connectivity index (χ2v) is 6.51. The summed E-state index contributed by atoms with van der Waals surface area (Å²) in [6.45, 7) is 2.36. The molecule has 1 aromatic carbocycles. The summed E-state index contributed by atoms with van der Waals surface area (Å²) in [6, 6.07) is 6.92. The van der Waals surface area contributed by atoms with Gasteiger partial charge in [0.2, 0.25) is 0 Å². The Morgan fingerprint density at radius 2 is 2.12 bits per heavy atom. The Morgan fingerprint density at radius 1 is 1.25 bits per heavy atom. The van der Waals surface area contributed by atoms with Crippen LogP contribution in [0.1, 0.15) is 49.7 Å². The molecule has 1 fully saturated rings. The minimum atomic E-state index is 0.862. The Kier molecular flexibility index (Phi) is 2.83. The van der Waals surface area contributed by atoms with E-state index in [9.17, 15) is 0 Å². The van der Waals surface area contributed by atoms with E-state index in [0.29, 0.717) is 0 Å². The third kappa shape index (κ3) is 1.84. The molecule has 0 radical (unpaired) electrons. The van der Waals surface area contributed by atoms with Crippen LogP contribution in [0.5, 0.6) is 0 Å². The van der Waals surface area contributed by atoms with Crippen LogP contribution in [0.25, 0.3) is 0 Å². The van der Waals surface area contributed by atoms with E-state index in [4.69, 9.17) is 0 Å². The highest BCUT2D eigenvalue weighted by Crippen LogP contribution is 2.47. The van der Waals surface area contributed by atoms with E-state index < -0.39 is 0 Å². The Labute approximate surface area is 107 Å². The second-order valence-electron chi connectivity index (χ2n) is 5.59. The molecule has 0 amide bonds. The Morgan fingerprint density at radius 3 is 2.94 bits per heavy atom. The van der Waals surface area contributed by atoms with Crippen molar-refractivity contribution in [1.29, 1.82) is 0 Å². The summed E-state index contributed by atoms with van der Waals surface area (Å²) in [5, 5.41) is 0. The van der Waals surface area contributed by atoms with E-state index in [1.54, 1.807) is 11.1 Å². The molecule has 3 rings (SSSR count). The van der Waals surface area contributed by atoms with Crippen LogP contribution in [0.3, 0.4) is 0 Å². The third-order valence-corrected chi connectivity index (χ3v) is 5.03. The minimum absolute atomic E-state index is 0.862. The van der Waals surface area contributed by atoms with Gasteiger partial charge in [-0.25, -0.2) is 0 Å². The molecule has 0 N–H and O–H groups in total. The quantitative estimate of drug-likeness (QED) is 0.684. The first-order valence-corrected chi connectivity index (χ1v) is 7.34. The fourth-order valence-electron chi connectivity index (χ4n) is 3.78. The summed E-state index contributed by atoms with van der Waals surface area (Å²) in [7, 11) is 0. The van der Waals surface area contributed by atoms with Crippen LogP contribution in [0.15, 0.2) is 22.7 Å². The molecule has 1 heteroatoms. The lowest BCUT2D eigenvalue weighted by atomic mass is 9.65. The number of hydrogen-bond donors (Lipinski definition) is 0. The topological polar surface area (TPSA) is 0 Å². The van der Waals surface area contributed by atoms with Crippen molar-refractivity contribution in [2.45, 2.75) is 44.9 Å². The summed E-state index contributed by atoms with van der Waals surface area (Å²) in [6.07, 6.45) is 7.05. The molecular weight excluding hydrogens is 260 g/mol. The molecule has 16 heavy (non-hydrogen) atoms. The zero-order chi connectivity index (χ0) is 11.1. The summed E-state index contributed by atoms with van der Waals surface area (Å²) in [5.74, 6) is 2.81. The molecule has 2 aliphatic rings. The van der Waals surface area contributed by atoms with Crippen molar-refractivity contribution in [3.05, 3.63) is 33.8 Å². The highest BCUT2D eigenvalue weighted by Gasteiger charge is 2.34. The van der Waals surface area contributed by atoms with Crippen LogP contribution >= 0.6 is 15.9 Å². The van der Waals surface area contributed by atoms with Gasteiger partial charge in [-0.2, -0.15) is 0 Å². The zero-order valence-corrected chi connectivity index (χ0v) is 11.5. The van der Waals surface area contributed by atoms with Gasteiger partial charge < -0.3 is 0 Å². The standard InChI is InChI=1S/C15H19Br/c1-2-10-5-11-7-12(6-10)15-4-3-14(16)9-13(15)8-11/h3-4,9-12H,2,5-8H2,1H3. The first-order valence-electron chi connectivity index (χ1n) is 6.54. The van der Waals surface area contributed by atoms with Gasteiger partial charge in [-0.05, 0) is 66.7 Å². The minimum Gasteiger partial charge on any atom is -0.0651 e. The van der Waals surface area contributed by atoms with Crippen LogP contribution < -0.4 is 0 Å². The molecule has 1 aromatic rings. The highest BCUT2D eigenvalue weighted by atomic mass is 79.9. The average Bonchev–Trinajstić information content (AvgIpc) is 2.28. The monoisotopic (exact) mass is 278 g/mol. The molecule has 86 valence electrons. The molecule has 1 saturated carbocycles. The van der Waals surface area contributed by atoms with Crippen molar-refractivity contribution in [3.63, 3.8) is 0 Å². The maximum Gasteiger partial charge on any atom is 0.0178 e. The fourth-order valence-corrected chi connectivity index (χ4v) is 4.19. The lowest BCUT2D eigenvalue weighted by molar-refractivity contribution is 0.217. The lowest BCUT2D eigenvalue weighted by Gasteiger charge is -2.40. The maximum absolute atomic E-state index is 3.60. The predicted molar refractivity (Wildman–Crippen MR) is 71.7 cm³/mol. The van der Waals surface area contributed by atoms with Gasteiger partial charge in [0.25, 0.3) is 0 Å². The maximum atomic E-state index is 3.60. The third-order valence-electron chi connectivity index (χ3n) is 4.53. The van der Waals surface area contributed by atoms with E-state index in [2.05, 4.69) is 41.1 Å². The van der Waals surface area contributed by atoms with Crippen LogP contribution in [0, 0.1) is 11.8 Å². The molecule has 0 spiro atoms. The molecule has 2 aliphatic carbocycles. The van der Waals surface area contributed by atoms with E-state index in [-0.39, 0.29) is 0 Å². The van der Waals surface area contributed by atoms with E-state index in [0.717, 1.165) is 17.8 Å². The van der Waals surface area contributed by atoms with Crippen LogP contribution in [-0.2, 0) is 6.42 Å². The van der Waals surface area contributed by atoms with E-state index in [1.807, 2.05) is 0 Å². The Balaban J connectivity index is 1.95. The van der Waals surface area contributed by atoms with E-state index >= 15 is 0 Å². The Hall–Kier alpha value is -0.300. The van der Waals surface area contributed by atoms with Gasteiger partial charge in [0, 0.05) is 4.47 Å². The van der Waals surface area contributed by atoms with Gasteiger partial charge in [-0.1, -0.05) is 35.3 Å². The largest absolute Gasteiger partial charge is 0.0651 e. The smallest absolute Gasteiger partial charge is 0.0178 e. The molecule has 0 saturated heterocycles. The van der Waals surface area contributed by atoms with Crippen LogP contribution in [0.4, 0.5) is 0 Å². The lowest BCUT2D eigenvalue weighted by Crippen LogP contribution is -2.28. The van der Waals surface area contributed by atoms with Crippen molar-refractivity contribution in [2.75, 3.05) is 0 Å². The summed E-state index contributed by atoms with van der Waals surface area (Å²) < 4.78 is 1.25. The van der Waals surface area contributed by atoms with Crippen molar-refractivity contribution in [1.82, 2.24) is 0 Å². The molecule has 3 unspecified atom stereocenters. The van der Waals surface area contributed by atoms with Crippen LogP contribution in [-0.4, -0.2) is 0 Å². The second kappa shape index (κ2) is 4.18. The summed E-state index contributed by atoms with van der Waals surface area (Å²) in [5.41, 5.74) is 3.27. The van der Waals surface area contributed by atoms with Gasteiger partial charge in [-0.15, -0.1) is 0 Å². The van der Waals surface area contributed by atoms with Gasteiger partial charge >= 0.3 is 0 Å². The molecule has 2 bridgehead atoms. The average molecular weight is 279 g/mol. The first-order chi connectivity index (χ1) is 7.76. The van der Waals surface area contributed by atoms with Gasteiger partial charge in [0.15, 0.2) is 0 Å². The number of halogens is 1. The molecule has 0 aliphatic heterocycles. The molecule has 0 heterocycles. The number of rotatable bonds is 1. The Bertz CT molecular complexity index is 396. The van der Waals surface area contributed by atoms with Gasteiger partial charge in [0.05, 0.1) is 0 Å². The first kappa shape index (κ1) is 10.8. The van der Waals surface area contributed by atoms with Crippen molar-refractivity contribution < 1.29 is 0 Å². The van der Waals surface area contributed by atoms with E-state index in [1.165, 1.54) is 36.6 Å². The molecule has 3 atom stereocenters. The molecule has 0 aromatic heterocycles. The molecular formula is C15H19Br. The number of fused-ring (bicyclic) bond motifs is 4.